The van der Waals surface area contributed by atoms with Crippen molar-refractivity contribution < 1.29 is 9.53 Å². The molecule has 0 bridgehead atoms. The third-order valence-corrected chi connectivity index (χ3v) is 3.10. The number of aryl methyl sites for hydroxylation is 1. The van der Waals surface area contributed by atoms with Crippen LogP contribution in [0.25, 0.3) is 0 Å². The Morgan fingerprint density at radius 3 is 3.00 bits per heavy atom. The van der Waals surface area contributed by atoms with Crippen LogP contribution >= 0.6 is 0 Å². The summed E-state index contributed by atoms with van der Waals surface area (Å²) >= 11 is 0. The van der Waals surface area contributed by atoms with Gasteiger partial charge in [0.05, 0.1) is 7.11 Å². The van der Waals surface area contributed by atoms with Gasteiger partial charge in [-0.1, -0.05) is 0 Å². The number of nitrogens with zero attached hydrogens (tertiary/aromatic N) is 2. The maximum Gasteiger partial charge on any atom is 0.305 e. The first-order valence-corrected chi connectivity index (χ1v) is 6.27. The van der Waals surface area contributed by atoms with Gasteiger partial charge in [-0.25, -0.2) is 4.98 Å². The number of pyridine rings is 1. The van der Waals surface area contributed by atoms with Crippen molar-refractivity contribution in [2.75, 3.05) is 38.2 Å². The molecule has 1 aliphatic rings. The second-order valence-electron chi connectivity index (χ2n) is 4.34. The summed E-state index contributed by atoms with van der Waals surface area (Å²) < 4.78 is 4.65. The number of esters is 1. The molecule has 0 aliphatic carbocycles. The van der Waals surface area contributed by atoms with Crippen LogP contribution in [0.2, 0.25) is 0 Å². The van der Waals surface area contributed by atoms with Crippen LogP contribution in [0, 0.1) is 0 Å². The number of ether oxygens (including phenoxy) is 1. The maximum atomic E-state index is 11.1. The van der Waals surface area contributed by atoms with Gasteiger partial charge in [-0.15, -0.1) is 0 Å². The Morgan fingerprint density at radius 1 is 1.50 bits per heavy atom. The molecular weight excluding hydrogens is 230 g/mol. The van der Waals surface area contributed by atoms with E-state index < -0.39 is 0 Å². The molecular formula is C13H19N3O2. The predicted molar refractivity (Wildman–Crippen MR) is 69.7 cm³/mol. The molecule has 98 valence electrons. The van der Waals surface area contributed by atoms with E-state index in [4.69, 9.17) is 0 Å². The predicted octanol–water partition coefficient (Wildman–Crippen LogP) is 0.597. The van der Waals surface area contributed by atoms with Crippen molar-refractivity contribution in [3.8, 4) is 0 Å². The molecule has 0 unspecified atom stereocenters. The van der Waals surface area contributed by atoms with Gasteiger partial charge in [0.15, 0.2) is 0 Å². The maximum absolute atomic E-state index is 11.1. The van der Waals surface area contributed by atoms with Gasteiger partial charge >= 0.3 is 5.97 Å². The minimum absolute atomic E-state index is 0.171. The van der Waals surface area contributed by atoms with Gasteiger partial charge in [-0.05, 0) is 24.1 Å². The number of hydrogen-bond donors (Lipinski definition) is 1. The molecule has 1 aliphatic heterocycles. The minimum Gasteiger partial charge on any atom is -0.469 e. The zero-order chi connectivity index (χ0) is 12.8. The zero-order valence-electron chi connectivity index (χ0n) is 10.7. The van der Waals surface area contributed by atoms with Gasteiger partial charge < -0.3 is 15.0 Å². The van der Waals surface area contributed by atoms with Gasteiger partial charge in [0, 0.05) is 38.8 Å². The number of piperazine rings is 1. The van der Waals surface area contributed by atoms with E-state index in [1.165, 1.54) is 7.11 Å². The Balaban J connectivity index is 1.98. The molecule has 1 aromatic heterocycles. The third-order valence-electron chi connectivity index (χ3n) is 3.10. The lowest BCUT2D eigenvalue weighted by Gasteiger charge is -2.28. The molecule has 1 saturated heterocycles. The molecule has 0 amide bonds. The molecule has 1 N–H and O–H groups in total. The summed E-state index contributed by atoms with van der Waals surface area (Å²) in [7, 11) is 1.42. The van der Waals surface area contributed by atoms with Crippen LogP contribution in [0.15, 0.2) is 18.3 Å². The lowest BCUT2D eigenvalue weighted by atomic mass is 10.1. The minimum atomic E-state index is -0.171. The van der Waals surface area contributed by atoms with E-state index in [1.807, 2.05) is 12.3 Å². The summed E-state index contributed by atoms with van der Waals surface area (Å²) in [6, 6.07) is 4.02. The molecule has 1 aromatic rings. The van der Waals surface area contributed by atoms with Gasteiger partial charge in [0.1, 0.15) is 5.82 Å². The summed E-state index contributed by atoms with van der Waals surface area (Å²) in [5.41, 5.74) is 1.13. The molecule has 2 rings (SSSR count). The number of aromatic nitrogens is 1. The smallest absolute Gasteiger partial charge is 0.305 e. The molecule has 0 radical (unpaired) electrons. The highest BCUT2D eigenvalue weighted by Crippen LogP contribution is 2.14. The Labute approximate surface area is 107 Å². The van der Waals surface area contributed by atoms with Crippen molar-refractivity contribution >= 4 is 11.8 Å². The lowest BCUT2D eigenvalue weighted by Crippen LogP contribution is -2.43. The summed E-state index contributed by atoms with van der Waals surface area (Å²) in [5.74, 6) is 0.828. The van der Waals surface area contributed by atoms with Crippen molar-refractivity contribution in [3.63, 3.8) is 0 Å². The second kappa shape index (κ2) is 6.35. The molecule has 1 fully saturated rings. The van der Waals surface area contributed by atoms with Crippen molar-refractivity contribution in [2.45, 2.75) is 12.8 Å². The highest BCUT2D eigenvalue weighted by molar-refractivity contribution is 5.69. The number of hydrogen-bond acceptors (Lipinski definition) is 5. The van der Waals surface area contributed by atoms with Gasteiger partial charge in [-0.3, -0.25) is 4.79 Å². The van der Waals surface area contributed by atoms with Gasteiger partial charge in [0.2, 0.25) is 0 Å². The van der Waals surface area contributed by atoms with Crippen LogP contribution in [0.5, 0.6) is 0 Å². The highest BCUT2D eigenvalue weighted by Gasteiger charge is 2.12. The fraction of sp³-hybridized carbons (Fsp3) is 0.538. The van der Waals surface area contributed by atoms with E-state index in [9.17, 15) is 4.79 Å². The first-order valence-electron chi connectivity index (χ1n) is 6.27. The molecule has 0 saturated carbocycles. The lowest BCUT2D eigenvalue weighted by molar-refractivity contribution is -0.140. The van der Waals surface area contributed by atoms with Gasteiger partial charge in [0.25, 0.3) is 0 Å². The van der Waals surface area contributed by atoms with Gasteiger partial charge in [-0.2, -0.15) is 0 Å². The fourth-order valence-corrected chi connectivity index (χ4v) is 2.03. The van der Waals surface area contributed by atoms with E-state index in [2.05, 4.69) is 26.0 Å². The van der Waals surface area contributed by atoms with E-state index >= 15 is 0 Å². The topological polar surface area (TPSA) is 54.5 Å². The normalized spacial score (nSPS) is 15.5. The Morgan fingerprint density at radius 2 is 2.28 bits per heavy atom. The highest BCUT2D eigenvalue weighted by atomic mass is 16.5. The number of carbonyl (C=O) groups excluding carboxylic acids is 1. The SMILES string of the molecule is COC(=O)CCc1ccnc(N2CCNCC2)c1. The monoisotopic (exact) mass is 249 g/mol. The molecule has 5 heteroatoms. The number of anilines is 1. The standard InChI is InChI=1S/C13H19N3O2/c1-18-13(17)3-2-11-4-5-15-12(10-11)16-8-6-14-7-9-16/h4-5,10,14H,2-3,6-9H2,1H3. The Kier molecular flexibility index (Phi) is 4.52. The number of nitrogens with one attached hydrogen (secondary N) is 1. The van der Waals surface area contributed by atoms with Crippen LogP contribution in [-0.4, -0.2) is 44.2 Å². The average molecular weight is 249 g/mol. The van der Waals surface area contributed by atoms with E-state index in [0.29, 0.717) is 12.8 Å². The number of methoxy groups -OCH3 is 1. The Hall–Kier alpha value is -1.62. The number of rotatable bonds is 4. The van der Waals surface area contributed by atoms with Crippen LogP contribution in [0.4, 0.5) is 5.82 Å². The summed E-state index contributed by atoms with van der Waals surface area (Å²) in [6.07, 6.45) is 2.93. The zero-order valence-corrected chi connectivity index (χ0v) is 10.7. The van der Waals surface area contributed by atoms with E-state index in [0.717, 1.165) is 37.6 Å². The Bertz CT molecular complexity index is 403. The quantitative estimate of drug-likeness (QED) is 0.792. The summed E-state index contributed by atoms with van der Waals surface area (Å²) in [6.45, 7) is 3.95. The fourth-order valence-electron chi connectivity index (χ4n) is 2.03. The molecule has 2 heterocycles. The third kappa shape index (κ3) is 3.43. The van der Waals surface area contributed by atoms with Crippen LogP contribution < -0.4 is 10.2 Å². The summed E-state index contributed by atoms with van der Waals surface area (Å²) in [5, 5.41) is 3.32. The van der Waals surface area contributed by atoms with E-state index in [1.54, 1.807) is 0 Å². The number of carbonyl (C=O) groups is 1. The average Bonchev–Trinajstić information content (AvgIpc) is 2.46. The van der Waals surface area contributed by atoms with Crippen molar-refractivity contribution in [1.29, 1.82) is 0 Å². The van der Waals surface area contributed by atoms with Crippen LogP contribution in [0.3, 0.4) is 0 Å². The van der Waals surface area contributed by atoms with E-state index in [-0.39, 0.29) is 5.97 Å². The largest absolute Gasteiger partial charge is 0.469 e. The second-order valence-corrected chi connectivity index (χ2v) is 4.34. The summed E-state index contributed by atoms with van der Waals surface area (Å²) in [4.78, 5) is 17.8. The van der Waals surface area contributed by atoms with Crippen molar-refractivity contribution in [2.24, 2.45) is 0 Å². The van der Waals surface area contributed by atoms with Crippen LogP contribution in [0.1, 0.15) is 12.0 Å². The molecule has 0 aromatic carbocycles. The molecule has 0 atom stereocenters. The van der Waals surface area contributed by atoms with Crippen molar-refractivity contribution in [1.82, 2.24) is 10.3 Å². The molecule has 5 nitrogen and oxygen atoms in total. The van der Waals surface area contributed by atoms with Crippen LogP contribution in [-0.2, 0) is 16.0 Å². The first-order chi connectivity index (χ1) is 8.79. The molecule has 18 heavy (non-hydrogen) atoms. The van der Waals surface area contributed by atoms with Crippen molar-refractivity contribution in [3.05, 3.63) is 23.9 Å². The molecule has 0 spiro atoms. The first kappa shape index (κ1) is 12.8.